The van der Waals surface area contributed by atoms with Crippen molar-refractivity contribution in [3.63, 3.8) is 0 Å². The van der Waals surface area contributed by atoms with Crippen LogP contribution in [0.2, 0.25) is 0 Å². The van der Waals surface area contributed by atoms with Crippen LogP contribution in [0.15, 0.2) is 47.4 Å². The van der Waals surface area contributed by atoms with Crippen molar-refractivity contribution in [2.75, 3.05) is 24.5 Å². The molecule has 158 valence electrons. The van der Waals surface area contributed by atoms with Gasteiger partial charge in [-0.2, -0.15) is 0 Å². The van der Waals surface area contributed by atoms with E-state index in [4.69, 9.17) is 4.74 Å². The summed E-state index contributed by atoms with van der Waals surface area (Å²) in [6.07, 6.45) is 0.727. The van der Waals surface area contributed by atoms with E-state index in [0.29, 0.717) is 36.9 Å². The first kappa shape index (κ1) is 22.9. The second-order valence-electron chi connectivity index (χ2n) is 7.46. The Hall–Kier alpha value is -2.38. The molecule has 0 atom stereocenters. The number of ether oxygens (including phenoxy) is 1. The maximum Gasteiger partial charge on any atom is 0.261 e. The molecule has 0 fully saturated rings. The molecule has 0 aliphatic carbocycles. The zero-order chi connectivity index (χ0) is 21.4. The van der Waals surface area contributed by atoms with Gasteiger partial charge in [-0.1, -0.05) is 26.0 Å². The number of sulfonamides is 1. The standard InChI is InChI=1S/C22H30N2O4S/c1-16(2)15-28-14-6-13-23-22(25)19-9-11-20(12-10-19)29(26,27)24-21-8-5-7-17(3)18(21)4/h5,7-12,16,24H,6,13-15H2,1-4H3,(H,23,25). The van der Waals surface area contributed by atoms with Crippen LogP contribution in [0.25, 0.3) is 0 Å². The van der Waals surface area contributed by atoms with Crippen molar-refractivity contribution in [1.29, 1.82) is 0 Å². The molecule has 0 aromatic heterocycles. The van der Waals surface area contributed by atoms with E-state index < -0.39 is 10.0 Å². The topological polar surface area (TPSA) is 84.5 Å². The summed E-state index contributed by atoms with van der Waals surface area (Å²) in [6, 6.07) is 11.4. The Bertz CT molecular complexity index is 922. The van der Waals surface area contributed by atoms with Gasteiger partial charge in [0.1, 0.15) is 0 Å². The summed E-state index contributed by atoms with van der Waals surface area (Å²) in [4.78, 5) is 12.3. The summed E-state index contributed by atoms with van der Waals surface area (Å²) >= 11 is 0. The third-order valence-corrected chi connectivity index (χ3v) is 5.86. The number of carbonyl (C=O) groups excluding carboxylic acids is 1. The normalized spacial score (nSPS) is 11.5. The molecule has 0 aliphatic heterocycles. The summed E-state index contributed by atoms with van der Waals surface area (Å²) < 4.78 is 33.4. The highest BCUT2D eigenvalue weighted by Crippen LogP contribution is 2.22. The molecule has 2 N–H and O–H groups in total. The van der Waals surface area contributed by atoms with Crippen LogP contribution in [0.3, 0.4) is 0 Å². The fraction of sp³-hybridized carbons (Fsp3) is 0.409. The number of rotatable bonds is 10. The van der Waals surface area contributed by atoms with Crippen molar-refractivity contribution in [2.24, 2.45) is 5.92 Å². The Morgan fingerprint density at radius 3 is 2.41 bits per heavy atom. The lowest BCUT2D eigenvalue weighted by Crippen LogP contribution is -2.25. The molecule has 0 heterocycles. The molecule has 0 radical (unpaired) electrons. The highest BCUT2D eigenvalue weighted by Gasteiger charge is 2.16. The van der Waals surface area contributed by atoms with Gasteiger partial charge in [-0.15, -0.1) is 0 Å². The molecule has 0 aliphatic rings. The molecule has 1 amide bonds. The van der Waals surface area contributed by atoms with Crippen molar-refractivity contribution in [3.8, 4) is 0 Å². The number of aryl methyl sites for hydroxylation is 1. The smallest absolute Gasteiger partial charge is 0.261 e. The Balaban J connectivity index is 1.93. The molecule has 0 spiro atoms. The second kappa shape index (κ2) is 10.4. The fourth-order valence-corrected chi connectivity index (χ4v) is 3.77. The van der Waals surface area contributed by atoms with Crippen LogP contribution in [-0.4, -0.2) is 34.1 Å². The van der Waals surface area contributed by atoms with Gasteiger partial charge in [-0.25, -0.2) is 8.42 Å². The molecule has 2 aromatic carbocycles. The van der Waals surface area contributed by atoms with Gasteiger partial charge < -0.3 is 10.1 Å². The lowest BCUT2D eigenvalue weighted by atomic mass is 10.1. The van der Waals surface area contributed by atoms with E-state index in [9.17, 15) is 13.2 Å². The predicted octanol–water partition coefficient (Wildman–Crippen LogP) is 3.90. The monoisotopic (exact) mass is 418 g/mol. The summed E-state index contributed by atoms with van der Waals surface area (Å²) in [5.41, 5.74) is 2.85. The minimum Gasteiger partial charge on any atom is -0.381 e. The maximum atomic E-state index is 12.6. The van der Waals surface area contributed by atoms with E-state index in [1.165, 1.54) is 24.3 Å². The zero-order valence-electron chi connectivity index (χ0n) is 17.5. The van der Waals surface area contributed by atoms with Gasteiger partial charge in [-0.3, -0.25) is 9.52 Å². The molecular weight excluding hydrogens is 388 g/mol. The van der Waals surface area contributed by atoms with Crippen LogP contribution in [0.1, 0.15) is 41.8 Å². The summed E-state index contributed by atoms with van der Waals surface area (Å²) in [7, 11) is -3.73. The summed E-state index contributed by atoms with van der Waals surface area (Å²) in [6.45, 7) is 9.78. The van der Waals surface area contributed by atoms with Gasteiger partial charge in [0.25, 0.3) is 15.9 Å². The largest absolute Gasteiger partial charge is 0.381 e. The zero-order valence-corrected chi connectivity index (χ0v) is 18.3. The minimum absolute atomic E-state index is 0.108. The van der Waals surface area contributed by atoms with Gasteiger partial charge >= 0.3 is 0 Å². The quantitative estimate of drug-likeness (QED) is 0.573. The SMILES string of the molecule is Cc1cccc(NS(=O)(=O)c2ccc(C(=O)NCCCOCC(C)C)cc2)c1C. The molecule has 7 heteroatoms. The lowest BCUT2D eigenvalue weighted by Gasteiger charge is -2.12. The first-order valence-electron chi connectivity index (χ1n) is 9.75. The van der Waals surface area contributed by atoms with Crippen molar-refractivity contribution < 1.29 is 17.9 Å². The predicted molar refractivity (Wildman–Crippen MR) is 116 cm³/mol. The van der Waals surface area contributed by atoms with Crippen LogP contribution in [-0.2, 0) is 14.8 Å². The van der Waals surface area contributed by atoms with Gasteiger partial charge in [-0.05, 0) is 67.6 Å². The average molecular weight is 419 g/mol. The van der Waals surface area contributed by atoms with Crippen LogP contribution >= 0.6 is 0 Å². The molecule has 0 saturated carbocycles. The van der Waals surface area contributed by atoms with E-state index >= 15 is 0 Å². The van der Waals surface area contributed by atoms with Crippen molar-refractivity contribution in [3.05, 3.63) is 59.2 Å². The summed E-state index contributed by atoms with van der Waals surface area (Å²) in [5.74, 6) is 0.254. The third-order valence-electron chi connectivity index (χ3n) is 4.48. The number of anilines is 1. The van der Waals surface area contributed by atoms with Crippen molar-refractivity contribution >= 4 is 21.6 Å². The highest BCUT2D eigenvalue weighted by atomic mass is 32.2. The van der Waals surface area contributed by atoms with Gasteiger partial charge in [0, 0.05) is 25.3 Å². The van der Waals surface area contributed by atoms with E-state index in [-0.39, 0.29) is 10.8 Å². The number of amides is 1. The van der Waals surface area contributed by atoms with Gasteiger partial charge in [0.05, 0.1) is 10.6 Å². The average Bonchev–Trinajstić information content (AvgIpc) is 2.67. The molecular formula is C22H30N2O4S. The number of benzene rings is 2. The lowest BCUT2D eigenvalue weighted by molar-refractivity contribution is 0.0925. The van der Waals surface area contributed by atoms with Crippen LogP contribution in [0.5, 0.6) is 0 Å². The number of carbonyl (C=O) groups is 1. The Morgan fingerprint density at radius 1 is 1.07 bits per heavy atom. The van der Waals surface area contributed by atoms with E-state index in [0.717, 1.165) is 17.5 Å². The maximum absolute atomic E-state index is 12.6. The molecule has 6 nitrogen and oxygen atoms in total. The van der Waals surface area contributed by atoms with E-state index in [1.807, 2.05) is 26.0 Å². The molecule has 29 heavy (non-hydrogen) atoms. The molecule has 0 saturated heterocycles. The first-order valence-corrected chi connectivity index (χ1v) is 11.2. The van der Waals surface area contributed by atoms with E-state index in [1.54, 1.807) is 6.07 Å². The number of nitrogens with one attached hydrogen (secondary N) is 2. The third kappa shape index (κ3) is 6.87. The molecule has 0 unspecified atom stereocenters. The van der Waals surface area contributed by atoms with Crippen LogP contribution < -0.4 is 10.0 Å². The number of hydrogen-bond acceptors (Lipinski definition) is 4. The van der Waals surface area contributed by atoms with Crippen LogP contribution in [0, 0.1) is 19.8 Å². The molecule has 2 rings (SSSR count). The molecule has 2 aromatic rings. The van der Waals surface area contributed by atoms with Gasteiger partial charge in [0.15, 0.2) is 0 Å². The van der Waals surface area contributed by atoms with E-state index in [2.05, 4.69) is 23.9 Å². The molecule has 0 bridgehead atoms. The summed E-state index contributed by atoms with van der Waals surface area (Å²) in [5, 5.41) is 2.81. The first-order chi connectivity index (χ1) is 13.7. The Labute approximate surface area is 173 Å². The Kier molecular flexibility index (Phi) is 8.22. The Morgan fingerprint density at radius 2 is 1.76 bits per heavy atom. The fourth-order valence-electron chi connectivity index (χ4n) is 2.65. The van der Waals surface area contributed by atoms with Crippen molar-refractivity contribution in [1.82, 2.24) is 5.32 Å². The minimum atomic E-state index is -3.73. The van der Waals surface area contributed by atoms with Crippen LogP contribution in [0.4, 0.5) is 5.69 Å². The second-order valence-corrected chi connectivity index (χ2v) is 9.14. The van der Waals surface area contributed by atoms with Gasteiger partial charge in [0.2, 0.25) is 0 Å². The van der Waals surface area contributed by atoms with Crippen molar-refractivity contribution in [2.45, 2.75) is 39.0 Å². The number of hydrogen-bond donors (Lipinski definition) is 2. The highest BCUT2D eigenvalue weighted by molar-refractivity contribution is 7.92.